The monoisotopic (exact) mass is 297 g/mol. The van der Waals surface area contributed by atoms with E-state index in [9.17, 15) is 9.59 Å². The van der Waals surface area contributed by atoms with Crippen molar-refractivity contribution in [3.63, 3.8) is 0 Å². The summed E-state index contributed by atoms with van der Waals surface area (Å²) in [6.45, 7) is -0.306. The van der Waals surface area contributed by atoms with Gasteiger partial charge in [0.25, 0.3) is 0 Å². The first-order chi connectivity index (χ1) is 8.00. The van der Waals surface area contributed by atoms with Gasteiger partial charge in [-0.1, -0.05) is 34.1 Å². The second kappa shape index (κ2) is 6.20. The summed E-state index contributed by atoms with van der Waals surface area (Å²) in [5.74, 6) is -1.38. The normalized spacial score (nSPS) is 10.5. The molecule has 0 aliphatic rings. The van der Waals surface area contributed by atoms with Crippen molar-refractivity contribution in [1.82, 2.24) is 4.90 Å². The summed E-state index contributed by atoms with van der Waals surface area (Å²) in [6, 6.07) is 7.45. The van der Waals surface area contributed by atoms with E-state index in [1.165, 1.54) is 13.1 Å². The molecule has 1 amide bonds. The maximum absolute atomic E-state index is 11.5. The van der Waals surface area contributed by atoms with E-state index in [-0.39, 0.29) is 12.5 Å². The van der Waals surface area contributed by atoms with Crippen LogP contribution in [0.15, 0.2) is 34.8 Å². The number of hydrogen-bond donors (Lipinski definition) is 1. The molecule has 0 fully saturated rings. The van der Waals surface area contributed by atoms with Gasteiger partial charge in [0.05, 0.1) is 0 Å². The molecule has 17 heavy (non-hydrogen) atoms. The van der Waals surface area contributed by atoms with E-state index in [0.29, 0.717) is 0 Å². The van der Waals surface area contributed by atoms with Crippen LogP contribution in [0.5, 0.6) is 0 Å². The van der Waals surface area contributed by atoms with Crippen LogP contribution in [-0.4, -0.2) is 35.5 Å². The average Bonchev–Trinajstić information content (AvgIpc) is 2.26. The molecule has 1 aromatic carbocycles. The molecule has 0 saturated carbocycles. The quantitative estimate of drug-likeness (QED) is 0.865. The molecular weight excluding hydrogens is 286 g/mol. The minimum atomic E-state index is -1.03. The minimum Gasteiger partial charge on any atom is -0.480 e. The van der Waals surface area contributed by atoms with Gasteiger partial charge < -0.3 is 10.0 Å². The van der Waals surface area contributed by atoms with Gasteiger partial charge in [0.1, 0.15) is 6.54 Å². The Hall–Kier alpha value is -1.62. The Morgan fingerprint density at radius 3 is 2.65 bits per heavy atom. The van der Waals surface area contributed by atoms with Crippen molar-refractivity contribution in [3.8, 4) is 0 Å². The summed E-state index contributed by atoms with van der Waals surface area (Å²) in [6.07, 6.45) is 2.99. The first-order valence-electron chi connectivity index (χ1n) is 4.90. The maximum atomic E-state index is 11.5. The van der Waals surface area contributed by atoms with Gasteiger partial charge in [-0.25, -0.2) is 0 Å². The molecule has 0 aliphatic carbocycles. The third kappa shape index (κ3) is 4.40. The fourth-order valence-corrected chi connectivity index (χ4v) is 1.60. The summed E-state index contributed by atoms with van der Waals surface area (Å²) < 4.78 is 0.880. The van der Waals surface area contributed by atoms with E-state index in [1.807, 2.05) is 24.3 Å². The zero-order chi connectivity index (χ0) is 12.8. The number of carboxylic acid groups (broad SMARTS) is 1. The number of carbonyl (C=O) groups excluding carboxylic acids is 1. The highest BCUT2D eigenvalue weighted by atomic mass is 79.9. The van der Waals surface area contributed by atoms with Crippen molar-refractivity contribution in [2.24, 2.45) is 0 Å². The third-order valence-corrected chi connectivity index (χ3v) is 2.78. The number of hydrogen-bond acceptors (Lipinski definition) is 2. The van der Waals surface area contributed by atoms with E-state index in [1.54, 1.807) is 6.08 Å². The molecule has 1 N–H and O–H groups in total. The zero-order valence-corrected chi connectivity index (χ0v) is 10.8. The Bertz CT molecular complexity index is 457. The van der Waals surface area contributed by atoms with Crippen molar-refractivity contribution >= 4 is 33.9 Å². The van der Waals surface area contributed by atoms with Gasteiger partial charge in [-0.3, -0.25) is 9.59 Å². The number of benzene rings is 1. The number of carboxylic acids is 1. The van der Waals surface area contributed by atoms with Gasteiger partial charge in [-0.2, -0.15) is 0 Å². The largest absolute Gasteiger partial charge is 0.480 e. The van der Waals surface area contributed by atoms with Crippen LogP contribution in [0.3, 0.4) is 0 Å². The van der Waals surface area contributed by atoms with Crippen LogP contribution in [0.25, 0.3) is 6.08 Å². The second-order valence-electron chi connectivity index (χ2n) is 3.44. The Morgan fingerprint density at radius 2 is 2.06 bits per heavy atom. The standard InChI is InChI=1S/C12H12BrNO3/c1-14(8-12(16)17)11(15)7-6-9-4-2-3-5-10(9)13/h2-7H,8H2,1H3,(H,16,17)/b7-6+. The van der Waals surface area contributed by atoms with Crippen LogP contribution < -0.4 is 0 Å². The van der Waals surface area contributed by atoms with E-state index in [2.05, 4.69) is 15.9 Å². The van der Waals surface area contributed by atoms with Crippen LogP contribution in [-0.2, 0) is 9.59 Å². The number of aliphatic carboxylic acids is 1. The molecule has 0 spiro atoms. The van der Waals surface area contributed by atoms with Crippen LogP contribution >= 0.6 is 15.9 Å². The molecule has 1 aromatic rings. The first-order valence-corrected chi connectivity index (χ1v) is 5.69. The Balaban J connectivity index is 2.69. The second-order valence-corrected chi connectivity index (χ2v) is 4.30. The summed E-state index contributed by atoms with van der Waals surface area (Å²) >= 11 is 3.35. The van der Waals surface area contributed by atoms with E-state index in [0.717, 1.165) is 14.9 Å². The molecule has 90 valence electrons. The van der Waals surface area contributed by atoms with E-state index >= 15 is 0 Å². The Kier molecular flexibility index (Phi) is 4.90. The summed E-state index contributed by atoms with van der Waals surface area (Å²) in [4.78, 5) is 23.1. The molecule has 5 heteroatoms. The first kappa shape index (κ1) is 13.4. The fraction of sp³-hybridized carbons (Fsp3) is 0.167. The lowest BCUT2D eigenvalue weighted by atomic mass is 10.2. The molecule has 1 rings (SSSR count). The number of likely N-dealkylation sites (N-methyl/N-ethyl adjacent to an activating group) is 1. The average molecular weight is 298 g/mol. The van der Waals surface area contributed by atoms with Crippen molar-refractivity contribution in [1.29, 1.82) is 0 Å². The Morgan fingerprint density at radius 1 is 1.41 bits per heavy atom. The highest BCUT2D eigenvalue weighted by Crippen LogP contribution is 2.17. The predicted molar refractivity (Wildman–Crippen MR) is 68.4 cm³/mol. The molecule has 0 aliphatic heterocycles. The van der Waals surface area contributed by atoms with Gasteiger partial charge in [0.15, 0.2) is 0 Å². The van der Waals surface area contributed by atoms with Crippen LogP contribution in [0.4, 0.5) is 0 Å². The molecule has 0 heterocycles. The minimum absolute atomic E-state index is 0.306. The Labute approximate surface area is 108 Å². The molecule has 0 atom stereocenters. The third-order valence-electron chi connectivity index (χ3n) is 2.06. The molecule has 0 bridgehead atoms. The van der Waals surface area contributed by atoms with Gasteiger partial charge in [0, 0.05) is 17.6 Å². The number of amides is 1. The number of halogens is 1. The lowest BCUT2D eigenvalue weighted by Gasteiger charge is -2.11. The van der Waals surface area contributed by atoms with Gasteiger partial charge >= 0.3 is 5.97 Å². The smallest absolute Gasteiger partial charge is 0.323 e. The van der Waals surface area contributed by atoms with E-state index < -0.39 is 5.97 Å². The topological polar surface area (TPSA) is 57.6 Å². The van der Waals surface area contributed by atoms with Crippen LogP contribution in [0.1, 0.15) is 5.56 Å². The van der Waals surface area contributed by atoms with Gasteiger partial charge in [0.2, 0.25) is 5.91 Å². The zero-order valence-electron chi connectivity index (χ0n) is 9.26. The van der Waals surface area contributed by atoms with Crippen LogP contribution in [0.2, 0.25) is 0 Å². The SMILES string of the molecule is CN(CC(=O)O)C(=O)/C=C/c1ccccc1Br. The van der Waals surface area contributed by atoms with Crippen LogP contribution in [0, 0.1) is 0 Å². The maximum Gasteiger partial charge on any atom is 0.323 e. The summed E-state index contributed by atoms with van der Waals surface area (Å²) in [5, 5.41) is 8.54. The van der Waals surface area contributed by atoms with E-state index in [4.69, 9.17) is 5.11 Å². The molecule has 0 saturated heterocycles. The number of carbonyl (C=O) groups is 2. The molecule has 0 unspecified atom stereocenters. The van der Waals surface area contributed by atoms with Gasteiger partial charge in [-0.05, 0) is 17.7 Å². The van der Waals surface area contributed by atoms with Crippen molar-refractivity contribution in [2.75, 3.05) is 13.6 Å². The highest BCUT2D eigenvalue weighted by Gasteiger charge is 2.08. The summed E-state index contributed by atoms with van der Waals surface area (Å²) in [7, 11) is 1.45. The molecule has 4 nitrogen and oxygen atoms in total. The molecular formula is C12H12BrNO3. The van der Waals surface area contributed by atoms with Gasteiger partial charge in [-0.15, -0.1) is 0 Å². The van der Waals surface area contributed by atoms with Crippen molar-refractivity contribution in [2.45, 2.75) is 0 Å². The highest BCUT2D eigenvalue weighted by molar-refractivity contribution is 9.10. The summed E-state index contributed by atoms with van der Waals surface area (Å²) in [5.41, 5.74) is 0.865. The lowest BCUT2D eigenvalue weighted by molar-refractivity contribution is -0.141. The predicted octanol–water partition coefficient (Wildman–Crippen LogP) is 2.01. The number of rotatable bonds is 4. The van der Waals surface area contributed by atoms with Crippen molar-refractivity contribution < 1.29 is 14.7 Å². The lowest BCUT2D eigenvalue weighted by Crippen LogP contribution is -2.30. The fourth-order valence-electron chi connectivity index (χ4n) is 1.18. The molecule has 0 radical (unpaired) electrons. The van der Waals surface area contributed by atoms with Crippen molar-refractivity contribution in [3.05, 3.63) is 40.4 Å². The molecule has 0 aromatic heterocycles. The number of nitrogens with zero attached hydrogens (tertiary/aromatic N) is 1.